The third-order valence-corrected chi connectivity index (χ3v) is 5.82. The van der Waals surface area contributed by atoms with Gasteiger partial charge in [-0.15, -0.1) is 10.2 Å². The number of rotatable bonds is 7. The van der Waals surface area contributed by atoms with E-state index in [4.69, 9.17) is 0 Å². The molecule has 0 atom stereocenters. The van der Waals surface area contributed by atoms with Crippen LogP contribution in [-0.2, 0) is 11.8 Å². The van der Waals surface area contributed by atoms with Gasteiger partial charge >= 0.3 is 0 Å². The van der Waals surface area contributed by atoms with Crippen LogP contribution < -0.4 is 10.9 Å². The maximum Gasteiger partial charge on any atom is 0.295 e. The highest BCUT2D eigenvalue weighted by Crippen LogP contribution is 2.25. The van der Waals surface area contributed by atoms with Crippen molar-refractivity contribution in [3.8, 4) is 5.69 Å². The Morgan fingerprint density at radius 3 is 2.40 bits per heavy atom. The second-order valence-electron chi connectivity index (χ2n) is 7.73. The van der Waals surface area contributed by atoms with Crippen molar-refractivity contribution in [3.63, 3.8) is 0 Å². The molecule has 3 aromatic rings. The van der Waals surface area contributed by atoms with Crippen LogP contribution in [0.1, 0.15) is 51.2 Å². The van der Waals surface area contributed by atoms with Crippen molar-refractivity contribution in [2.75, 3.05) is 11.1 Å². The molecule has 2 heterocycles. The molecule has 1 aromatic carbocycles. The Bertz CT molecular complexity index is 1090. The summed E-state index contributed by atoms with van der Waals surface area (Å²) in [4.78, 5) is 25.6. The molecule has 0 spiro atoms. The molecular formula is C21H28N6O2S. The van der Waals surface area contributed by atoms with Gasteiger partial charge in [0.05, 0.1) is 17.1 Å². The van der Waals surface area contributed by atoms with Crippen LogP contribution in [0.25, 0.3) is 5.69 Å². The van der Waals surface area contributed by atoms with Crippen LogP contribution in [0.5, 0.6) is 0 Å². The fourth-order valence-corrected chi connectivity index (χ4v) is 4.16. The van der Waals surface area contributed by atoms with Gasteiger partial charge in [0.2, 0.25) is 5.91 Å². The van der Waals surface area contributed by atoms with Crippen molar-refractivity contribution >= 4 is 23.4 Å². The zero-order valence-electron chi connectivity index (χ0n) is 18.2. The molecule has 0 fully saturated rings. The van der Waals surface area contributed by atoms with Crippen molar-refractivity contribution in [3.05, 3.63) is 52.2 Å². The normalized spacial score (nSPS) is 11.5. The Hall–Kier alpha value is -2.81. The first-order chi connectivity index (χ1) is 14.2. The van der Waals surface area contributed by atoms with Crippen molar-refractivity contribution in [1.82, 2.24) is 24.1 Å². The zero-order valence-corrected chi connectivity index (χ0v) is 19.0. The summed E-state index contributed by atoms with van der Waals surface area (Å²) in [6, 6.07) is 9.54. The molecule has 160 valence electrons. The molecule has 0 aliphatic rings. The average molecular weight is 429 g/mol. The molecule has 0 unspecified atom stereocenters. The second kappa shape index (κ2) is 8.91. The maximum absolute atomic E-state index is 12.9. The molecule has 0 bridgehead atoms. The number of carbonyl (C=O) groups excluding carboxylic acids is 1. The molecule has 0 aliphatic carbocycles. The SMILES string of the molecule is Cc1c(NC(=O)CSc2nnc(C(C)C)n2C(C)C)c(=O)n(-c2ccccc2)n1C. The van der Waals surface area contributed by atoms with Gasteiger partial charge in [0, 0.05) is 19.0 Å². The summed E-state index contributed by atoms with van der Waals surface area (Å²) in [6.45, 7) is 10.1. The number of amides is 1. The second-order valence-corrected chi connectivity index (χ2v) is 8.68. The van der Waals surface area contributed by atoms with Gasteiger partial charge < -0.3 is 9.88 Å². The molecular weight excluding hydrogens is 400 g/mol. The smallest absolute Gasteiger partial charge is 0.295 e. The summed E-state index contributed by atoms with van der Waals surface area (Å²) in [6.07, 6.45) is 0. The number of nitrogens with one attached hydrogen (secondary N) is 1. The first-order valence-electron chi connectivity index (χ1n) is 9.93. The summed E-state index contributed by atoms with van der Waals surface area (Å²) in [5.41, 5.74) is 1.47. The van der Waals surface area contributed by atoms with E-state index in [1.165, 1.54) is 11.8 Å². The Kier molecular flexibility index (Phi) is 6.50. The van der Waals surface area contributed by atoms with Crippen molar-refractivity contribution in [2.45, 2.75) is 51.7 Å². The molecule has 8 nitrogen and oxygen atoms in total. The number of thioether (sulfide) groups is 1. The summed E-state index contributed by atoms with van der Waals surface area (Å²) in [5.74, 6) is 1.03. The third kappa shape index (κ3) is 4.21. The van der Waals surface area contributed by atoms with Crippen molar-refractivity contribution in [2.24, 2.45) is 7.05 Å². The Labute approximate surface area is 180 Å². The maximum atomic E-state index is 12.9. The minimum Gasteiger partial charge on any atom is -0.319 e. The number of hydrogen-bond acceptors (Lipinski definition) is 5. The molecule has 0 saturated carbocycles. The molecule has 0 saturated heterocycles. The monoisotopic (exact) mass is 428 g/mol. The highest BCUT2D eigenvalue weighted by Gasteiger charge is 2.21. The zero-order chi connectivity index (χ0) is 22.0. The van der Waals surface area contributed by atoms with E-state index in [-0.39, 0.29) is 29.2 Å². The minimum atomic E-state index is -0.257. The molecule has 1 N–H and O–H groups in total. The molecule has 1 amide bonds. The average Bonchev–Trinajstić information content (AvgIpc) is 3.23. The van der Waals surface area contributed by atoms with Crippen molar-refractivity contribution < 1.29 is 4.79 Å². The van der Waals surface area contributed by atoms with E-state index in [9.17, 15) is 9.59 Å². The van der Waals surface area contributed by atoms with Crippen LogP contribution in [0.15, 0.2) is 40.3 Å². The standard InChI is InChI=1S/C21H28N6O2S/c1-13(2)19-23-24-21(26(19)14(3)4)30-12-17(28)22-18-15(5)25(6)27(20(18)29)16-10-8-7-9-11-16/h7-11,13-14H,12H2,1-6H3,(H,22,28). The molecule has 3 rings (SSSR count). The molecule has 2 aromatic heterocycles. The summed E-state index contributed by atoms with van der Waals surface area (Å²) in [7, 11) is 1.80. The lowest BCUT2D eigenvalue weighted by molar-refractivity contribution is -0.113. The van der Waals surface area contributed by atoms with E-state index in [0.717, 1.165) is 11.5 Å². The number of aromatic nitrogens is 5. The van der Waals surface area contributed by atoms with Gasteiger partial charge in [0.1, 0.15) is 11.5 Å². The van der Waals surface area contributed by atoms with Crippen LogP contribution in [0, 0.1) is 6.92 Å². The lowest BCUT2D eigenvalue weighted by Crippen LogP contribution is -2.23. The lowest BCUT2D eigenvalue weighted by atomic mass is 10.2. The molecule has 0 aliphatic heterocycles. The quantitative estimate of drug-likeness (QED) is 0.582. The van der Waals surface area contributed by atoms with Gasteiger partial charge in [-0.05, 0) is 32.9 Å². The fraction of sp³-hybridized carbons (Fsp3) is 0.429. The first kappa shape index (κ1) is 21.9. The number of nitrogens with zero attached hydrogens (tertiary/aromatic N) is 5. The first-order valence-corrected chi connectivity index (χ1v) is 10.9. The van der Waals surface area contributed by atoms with Crippen LogP contribution in [0.2, 0.25) is 0 Å². The van der Waals surface area contributed by atoms with Crippen molar-refractivity contribution in [1.29, 1.82) is 0 Å². The highest BCUT2D eigenvalue weighted by atomic mass is 32.2. The summed E-state index contributed by atoms with van der Waals surface area (Å²) >= 11 is 1.32. The summed E-state index contributed by atoms with van der Waals surface area (Å²) < 4.78 is 5.34. The van der Waals surface area contributed by atoms with E-state index >= 15 is 0 Å². The Morgan fingerprint density at radius 2 is 1.80 bits per heavy atom. The van der Waals surface area contributed by atoms with Crippen LogP contribution >= 0.6 is 11.8 Å². The van der Waals surface area contributed by atoms with E-state index in [2.05, 4.69) is 47.8 Å². The molecule has 0 radical (unpaired) electrons. The van der Waals surface area contributed by atoms with Gasteiger partial charge in [-0.1, -0.05) is 43.8 Å². The van der Waals surface area contributed by atoms with E-state index < -0.39 is 0 Å². The number of para-hydroxylation sites is 1. The Morgan fingerprint density at radius 1 is 1.13 bits per heavy atom. The van der Waals surface area contributed by atoms with Gasteiger partial charge in [-0.3, -0.25) is 14.3 Å². The number of anilines is 1. The van der Waals surface area contributed by atoms with Gasteiger partial charge in [-0.2, -0.15) is 0 Å². The predicted octanol–water partition coefficient (Wildman–Crippen LogP) is 3.51. The van der Waals surface area contributed by atoms with Gasteiger partial charge in [-0.25, -0.2) is 4.68 Å². The van der Waals surface area contributed by atoms with E-state index in [1.54, 1.807) is 16.4 Å². The minimum absolute atomic E-state index is 0.141. The van der Waals surface area contributed by atoms with Crippen LogP contribution in [0.3, 0.4) is 0 Å². The van der Waals surface area contributed by atoms with Gasteiger partial charge in [0.15, 0.2) is 5.16 Å². The molecule has 30 heavy (non-hydrogen) atoms. The van der Waals surface area contributed by atoms with Crippen LogP contribution in [-0.4, -0.2) is 35.8 Å². The number of carbonyl (C=O) groups is 1. The highest BCUT2D eigenvalue weighted by molar-refractivity contribution is 7.99. The largest absolute Gasteiger partial charge is 0.319 e. The molecule has 9 heteroatoms. The third-order valence-electron chi connectivity index (χ3n) is 4.87. The van der Waals surface area contributed by atoms with Crippen LogP contribution in [0.4, 0.5) is 5.69 Å². The topological polar surface area (TPSA) is 86.7 Å². The fourth-order valence-electron chi connectivity index (χ4n) is 3.28. The predicted molar refractivity (Wildman–Crippen MR) is 120 cm³/mol. The number of hydrogen-bond donors (Lipinski definition) is 1. The Balaban J connectivity index is 1.78. The van der Waals surface area contributed by atoms with E-state index in [1.807, 2.05) is 37.3 Å². The number of benzene rings is 1. The summed E-state index contributed by atoms with van der Waals surface area (Å²) in [5, 5.41) is 12.0. The van der Waals surface area contributed by atoms with Gasteiger partial charge in [0.25, 0.3) is 5.56 Å². The van der Waals surface area contributed by atoms with E-state index in [0.29, 0.717) is 16.5 Å². The lowest BCUT2D eigenvalue weighted by Gasteiger charge is -2.15.